The molecule has 1 N–H and O–H groups in total. The number of hydrogen-bond donors (Lipinski definition) is 1. The van der Waals surface area contributed by atoms with Crippen molar-refractivity contribution in [2.75, 3.05) is 13.6 Å². The minimum Gasteiger partial charge on any atom is -0.353 e. The minimum absolute atomic E-state index is 0.00572. The van der Waals surface area contributed by atoms with Crippen LogP contribution in [0.1, 0.15) is 32.3 Å². The van der Waals surface area contributed by atoms with Crippen LogP contribution in [-0.2, 0) is 11.3 Å². The van der Waals surface area contributed by atoms with E-state index in [-0.39, 0.29) is 24.2 Å². The third-order valence-electron chi connectivity index (χ3n) is 3.22. The molecule has 0 saturated heterocycles. The zero-order chi connectivity index (χ0) is 16.7. The fourth-order valence-corrected chi connectivity index (χ4v) is 2.39. The second-order valence-corrected chi connectivity index (χ2v) is 5.87. The molecule has 1 aromatic rings. The number of carbonyl (C=O) groups is 1. The number of nitrogens with zero attached hydrogens (tertiary/aromatic N) is 2. The molecular weight excluding hydrogens is 306 g/mol. The van der Waals surface area contributed by atoms with Gasteiger partial charge in [0.2, 0.25) is 5.91 Å². The molecule has 6 nitrogen and oxygen atoms in total. The highest BCUT2D eigenvalue weighted by molar-refractivity contribution is 6.31. The van der Waals surface area contributed by atoms with Gasteiger partial charge in [0.25, 0.3) is 5.69 Å². The highest BCUT2D eigenvalue weighted by Crippen LogP contribution is 2.23. The van der Waals surface area contributed by atoms with Crippen molar-refractivity contribution in [3.8, 4) is 0 Å². The summed E-state index contributed by atoms with van der Waals surface area (Å²) < 4.78 is 0. The minimum atomic E-state index is -0.459. The summed E-state index contributed by atoms with van der Waals surface area (Å²) in [6, 6.07) is 4.46. The molecule has 22 heavy (non-hydrogen) atoms. The summed E-state index contributed by atoms with van der Waals surface area (Å²) in [6.45, 7) is 4.63. The predicted molar refractivity (Wildman–Crippen MR) is 87.0 cm³/mol. The number of nitrogens with one attached hydrogen (secondary N) is 1. The van der Waals surface area contributed by atoms with Crippen LogP contribution in [0.2, 0.25) is 5.02 Å². The van der Waals surface area contributed by atoms with E-state index < -0.39 is 4.92 Å². The molecule has 0 bridgehead atoms. The van der Waals surface area contributed by atoms with E-state index >= 15 is 0 Å². The average molecular weight is 328 g/mol. The quantitative estimate of drug-likeness (QED) is 0.588. The number of likely N-dealkylation sites (N-methyl/N-ethyl adjacent to an activating group) is 1. The number of carbonyl (C=O) groups excluding carboxylic acids is 1. The molecule has 0 aromatic heterocycles. The summed E-state index contributed by atoms with van der Waals surface area (Å²) in [4.78, 5) is 24.0. The van der Waals surface area contributed by atoms with Crippen LogP contribution in [0.15, 0.2) is 18.2 Å². The van der Waals surface area contributed by atoms with E-state index in [0.29, 0.717) is 17.1 Å². The van der Waals surface area contributed by atoms with Crippen molar-refractivity contribution >= 4 is 23.2 Å². The van der Waals surface area contributed by atoms with Crippen molar-refractivity contribution in [1.29, 1.82) is 0 Å². The molecule has 0 heterocycles. The summed E-state index contributed by atoms with van der Waals surface area (Å²) in [5.41, 5.74) is 0.626. The molecule has 7 heteroatoms. The first-order chi connectivity index (χ1) is 10.3. The van der Waals surface area contributed by atoms with Gasteiger partial charge in [0.15, 0.2) is 0 Å². The molecular formula is C15H22ClN3O3. The van der Waals surface area contributed by atoms with Gasteiger partial charge in [-0.05, 0) is 32.0 Å². The fourth-order valence-electron chi connectivity index (χ4n) is 2.21. The normalized spacial score (nSPS) is 12.2. The molecule has 1 rings (SSSR count). The summed E-state index contributed by atoms with van der Waals surface area (Å²) in [5.74, 6) is -0.0648. The Labute approximate surface area is 135 Å². The summed E-state index contributed by atoms with van der Waals surface area (Å²) in [5, 5.41) is 14.2. The Bertz CT molecular complexity index is 537. The van der Waals surface area contributed by atoms with E-state index in [2.05, 4.69) is 12.2 Å². The van der Waals surface area contributed by atoms with Gasteiger partial charge >= 0.3 is 0 Å². The maximum absolute atomic E-state index is 11.9. The van der Waals surface area contributed by atoms with Gasteiger partial charge in [-0.2, -0.15) is 0 Å². The number of nitro benzene ring substituents is 1. The van der Waals surface area contributed by atoms with Gasteiger partial charge in [-0.3, -0.25) is 19.8 Å². The largest absolute Gasteiger partial charge is 0.353 e. The Kier molecular flexibility index (Phi) is 7.27. The number of benzene rings is 1. The number of amides is 1. The molecule has 0 fully saturated rings. The van der Waals surface area contributed by atoms with Gasteiger partial charge in [-0.25, -0.2) is 0 Å². The number of non-ortho nitro benzene ring substituents is 1. The first-order valence-electron chi connectivity index (χ1n) is 7.24. The Morgan fingerprint density at radius 2 is 2.18 bits per heavy atom. The first-order valence-corrected chi connectivity index (χ1v) is 7.62. The van der Waals surface area contributed by atoms with Gasteiger partial charge < -0.3 is 5.32 Å². The van der Waals surface area contributed by atoms with E-state index in [4.69, 9.17) is 11.6 Å². The first kappa shape index (κ1) is 18.4. The van der Waals surface area contributed by atoms with E-state index in [1.54, 1.807) is 11.9 Å². The summed E-state index contributed by atoms with van der Waals surface area (Å²) in [6.07, 6.45) is 1.95. The molecule has 0 saturated carbocycles. The molecule has 1 atom stereocenters. The molecule has 1 amide bonds. The van der Waals surface area contributed by atoms with Crippen LogP contribution in [0.4, 0.5) is 5.69 Å². The van der Waals surface area contributed by atoms with Crippen LogP contribution in [-0.4, -0.2) is 35.4 Å². The maximum Gasteiger partial charge on any atom is 0.269 e. The van der Waals surface area contributed by atoms with Gasteiger partial charge in [0.1, 0.15) is 0 Å². The van der Waals surface area contributed by atoms with Crippen LogP contribution < -0.4 is 5.32 Å². The van der Waals surface area contributed by atoms with Crippen LogP contribution >= 0.6 is 11.6 Å². The Morgan fingerprint density at radius 1 is 1.50 bits per heavy atom. The standard InChI is InChI=1S/C15H22ClN3O3/c1-4-5-11(2)17-15(20)10-18(3)9-12-8-13(19(21)22)6-7-14(12)16/h6-8,11H,4-5,9-10H2,1-3H3,(H,17,20). The van der Waals surface area contributed by atoms with E-state index in [1.807, 2.05) is 6.92 Å². The molecule has 1 unspecified atom stereocenters. The lowest BCUT2D eigenvalue weighted by molar-refractivity contribution is -0.384. The van der Waals surface area contributed by atoms with E-state index in [0.717, 1.165) is 12.8 Å². The van der Waals surface area contributed by atoms with Crippen molar-refractivity contribution < 1.29 is 9.72 Å². The summed E-state index contributed by atoms with van der Waals surface area (Å²) >= 11 is 6.06. The average Bonchev–Trinajstić information content (AvgIpc) is 2.40. The van der Waals surface area contributed by atoms with Crippen molar-refractivity contribution in [2.45, 2.75) is 39.3 Å². The second-order valence-electron chi connectivity index (χ2n) is 5.46. The van der Waals surface area contributed by atoms with Crippen LogP contribution in [0.5, 0.6) is 0 Å². The molecule has 1 aromatic carbocycles. The lowest BCUT2D eigenvalue weighted by Gasteiger charge is -2.19. The topological polar surface area (TPSA) is 75.5 Å². The molecule has 0 aliphatic carbocycles. The van der Waals surface area contributed by atoms with E-state index in [9.17, 15) is 14.9 Å². The molecule has 0 radical (unpaired) electrons. The smallest absolute Gasteiger partial charge is 0.269 e. The molecule has 0 aliphatic rings. The molecule has 122 valence electrons. The Hall–Kier alpha value is -1.66. The number of rotatable bonds is 8. The van der Waals surface area contributed by atoms with Gasteiger partial charge in [0, 0.05) is 29.7 Å². The third-order valence-corrected chi connectivity index (χ3v) is 3.59. The Balaban J connectivity index is 2.61. The van der Waals surface area contributed by atoms with Crippen molar-refractivity contribution in [2.24, 2.45) is 0 Å². The van der Waals surface area contributed by atoms with Gasteiger partial charge in [0.05, 0.1) is 11.5 Å². The SMILES string of the molecule is CCCC(C)NC(=O)CN(C)Cc1cc([N+](=O)[O-])ccc1Cl. The Morgan fingerprint density at radius 3 is 2.77 bits per heavy atom. The van der Waals surface area contributed by atoms with Crippen molar-refractivity contribution in [3.63, 3.8) is 0 Å². The van der Waals surface area contributed by atoms with Crippen LogP contribution in [0, 0.1) is 10.1 Å². The number of hydrogen-bond acceptors (Lipinski definition) is 4. The zero-order valence-corrected chi connectivity index (χ0v) is 13.9. The monoisotopic (exact) mass is 327 g/mol. The number of halogens is 1. The number of nitro groups is 1. The molecule has 0 spiro atoms. The maximum atomic E-state index is 11.9. The van der Waals surface area contributed by atoms with Crippen LogP contribution in [0.3, 0.4) is 0 Å². The highest BCUT2D eigenvalue weighted by atomic mass is 35.5. The van der Waals surface area contributed by atoms with Crippen molar-refractivity contribution in [3.05, 3.63) is 38.9 Å². The summed E-state index contributed by atoms with van der Waals surface area (Å²) in [7, 11) is 1.78. The highest BCUT2D eigenvalue weighted by Gasteiger charge is 2.14. The van der Waals surface area contributed by atoms with E-state index in [1.165, 1.54) is 18.2 Å². The fraction of sp³-hybridized carbons (Fsp3) is 0.533. The zero-order valence-electron chi connectivity index (χ0n) is 13.1. The second kappa shape index (κ2) is 8.70. The lowest BCUT2D eigenvalue weighted by atomic mass is 10.2. The van der Waals surface area contributed by atoms with Crippen molar-refractivity contribution in [1.82, 2.24) is 10.2 Å². The lowest BCUT2D eigenvalue weighted by Crippen LogP contribution is -2.39. The van der Waals surface area contributed by atoms with Gasteiger partial charge in [-0.1, -0.05) is 24.9 Å². The third kappa shape index (κ3) is 5.99. The predicted octanol–water partition coefficient (Wildman–Crippen LogP) is 2.98. The van der Waals surface area contributed by atoms with Gasteiger partial charge in [-0.15, -0.1) is 0 Å². The molecule has 0 aliphatic heterocycles. The van der Waals surface area contributed by atoms with Crippen LogP contribution in [0.25, 0.3) is 0 Å².